The van der Waals surface area contributed by atoms with Crippen LogP contribution in [-0.2, 0) is 10.8 Å². The van der Waals surface area contributed by atoms with Crippen molar-refractivity contribution >= 4 is 10.8 Å². The van der Waals surface area contributed by atoms with Crippen LogP contribution in [-0.4, -0.2) is 21.8 Å². The van der Waals surface area contributed by atoms with Gasteiger partial charge in [-0.1, -0.05) is 0 Å². The predicted molar refractivity (Wildman–Crippen MR) is 37.3 cm³/mol. The summed E-state index contributed by atoms with van der Waals surface area (Å²) in [5.74, 6) is -2.73. The number of alkyl halides is 2. The van der Waals surface area contributed by atoms with Crippen molar-refractivity contribution in [1.82, 2.24) is 0 Å². The second kappa shape index (κ2) is 4.73. The molecular formula is C5H11F2NOS. The fraction of sp³-hybridized carbons (Fsp3) is 1.00. The quantitative estimate of drug-likeness (QED) is 0.676. The van der Waals surface area contributed by atoms with E-state index in [1.165, 1.54) is 0 Å². The average Bonchev–Trinajstić information content (AvgIpc) is 1.82. The minimum atomic E-state index is -2.72. The van der Waals surface area contributed by atoms with E-state index in [1.54, 1.807) is 6.92 Å². The fourth-order valence-corrected chi connectivity index (χ4v) is 1.17. The van der Waals surface area contributed by atoms with E-state index in [4.69, 9.17) is 5.73 Å². The van der Waals surface area contributed by atoms with Gasteiger partial charge in [-0.3, -0.25) is 4.21 Å². The van der Waals surface area contributed by atoms with E-state index in [0.717, 1.165) is 0 Å². The van der Waals surface area contributed by atoms with Crippen LogP contribution in [0.4, 0.5) is 8.78 Å². The molecular weight excluding hydrogens is 160 g/mol. The van der Waals surface area contributed by atoms with Gasteiger partial charge >= 0.3 is 5.76 Å². The van der Waals surface area contributed by atoms with Crippen LogP contribution in [0.25, 0.3) is 0 Å². The largest absolute Gasteiger partial charge is 0.328 e. The molecule has 62 valence electrons. The minimum absolute atomic E-state index is 0.00463. The van der Waals surface area contributed by atoms with Crippen molar-refractivity contribution in [1.29, 1.82) is 0 Å². The molecule has 2 nitrogen and oxygen atoms in total. The molecule has 0 aliphatic heterocycles. The van der Waals surface area contributed by atoms with Crippen molar-refractivity contribution in [3.63, 3.8) is 0 Å². The molecule has 0 aromatic carbocycles. The van der Waals surface area contributed by atoms with Crippen molar-refractivity contribution in [3.05, 3.63) is 0 Å². The molecule has 0 saturated carbocycles. The van der Waals surface area contributed by atoms with Gasteiger partial charge in [0.25, 0.3) is 0 Å². The lowest BCUT2D eigenvalue weighted by Gasteiger charge is -2.02. The molecule has 0 aromatic rings. The Morgan fingerprint density at radius 3 is 2.40 bits per heavy atom. The minimum Gasteiger partial charge on any atom is -0.328 e. The monoisotopic (exact) mass is 171 g/mol. The molecule has 0 rings (SSSR count). The van der Waals surface area contributed by atoms with Gasteiger partial charge in [0.2, 0.25) is 0 Å². The maximum atomic E-state index is 11.5. The smallest absolute Gasteiger partial charge is 0.311 e. The Balaban J connectivity index is 3.40. The molecule has 0 saturated heterocycles. The van der Waals surface area contributed by atoms with Crippen LogP contribution in [0.3, 0.4) is 0 Å². The molecule has 0 fully saturated rings. The molecule has 0 heterocycles. The van der Waals surface area contributed by atoms with Crippen LogP contribution in [0.15, 0.2) is 0 Å². The van der Waals surface area contributed by atoms with Gasteiger partial charge in [-0.15, -0.1) is 0 Å². The Morgan fingerprint density at radius 1 is 1.60 bits per heavy atom. The molecule has 0 aliphatic rings. The molecule has 0 spiro atoms. The molecule has 2 unspecified atom stereocenters. The lowest BCUT2D eigenvalue weighted by atomic mass is 10.3. The highest BCUT2D eigenvalue weighted by Gasteiger charge is 2.12. The molecule has 10 heavy (non-hydrogen) atoms. The summed E-state index contributed by atoms with van der Waals surface area (Å²) >= 11 is 0. The molecule has 0 aromatic heterocycles. The van der Waals surface area contributed by atoms with E-state index in [0.29, 0.717) is 6.42 Å². The summed E-state index contributed by atoms with van der Waals surface area (Å²) in [6, 6.07) is -0.150. The van der Waals surface area contributed by atoms with Crippen LogP contribution in [0.2, 0.25) is 0 Å². The van der Waals surface area contributed by atoms with Crippen molar-refractivity contribution in [2.45, 2.75) is 25.1 Å². The Bertz CT molecular complexity index is 118. The second-order valence-corrected chi connectivity index (χ2v) is 3.64. The first-order chi connectivity index (χ1) is 4.54. The van der Waals surface area contributed by atoms with Gasteiger partial charge in [-0.05, 0) is 13.3 Å². The number of nitrogens with two attached hydrogens (primary N) is 1. The highest BCUT2D eigenvalue weighted by molar-refractivity contribution is 7.85. The fourth-order valence-electron chi connectivity index (χ4n) is 0.391. The van der Waals surface area contributed by atoms with Gasteiger partial charge in [0.1, 0.15) is 0 Å². The zero-order valence-electron chi connectivity index (χ0n) is 5.72. The molecule has 0 aliphatic carbocycles. The van der Waals surface area contributed by atoms with Gasteiger partial charge in [0.05, 0.1) is 10.8 Å². The van der Waals surface area contributed by atoms with Crippen LogP contribution in [0.1, 0.15) is 13.3 Å². The lowest BCUT2D eigenvalue weighted by Crippen LogP contribution is -2.19. The summed E-state index contributed by atoms with van der Waals surface area (Å²) < 4.78 is 33.4. The van der Waals surface area contributed by atoms with Gasteiger partial charge < -0.3 is 5.73 Å². The van der Waals surface area contributed by atoms with Crippen LogP contribution in [0, 0.1) is 0 Å². The SMILES string of the molecule is CC(N)CCS(=O)C(F)F. The summed E-state index contributed by atoms with van der Waals surface area (Å²) in [5, 5.41) is 0. The second-order valence-electron chi connectivity index (χ2n) is 2.11. The standard InChI is InChI=1S/C5H11F2NOS/c1-4(8)2-3-10(9)5(6)7/h4-5H,2-3,8H2,1H3. The van der Waals surface area contributed by atoms with E-state index in [-0.39, 0.29) is 11.8 Å². The summed E-state index contributed by atoms with van der Waals surface area (Å²) in [6.45, 7) is 1.70. The summed E-state index contributed by atoms with van der Waals surface area (Å²) in [5.41, 5.74) is 5.26. The molecule has 0 radical (unpaired) electrons. The van der Waals surface area contributed by atoms with Crippen LogP contribution in [0.5, 0.6) is 0 Å². The van der Waals surface area contributed by atoms with Crippen LogP contribution >= 0.6 is 0 Å². The van der Waals surface area contributed by atoms with Gasteiger partial charge in [-0.25, -0.2) is 0 Å². The molecule has 2 N–H and O–H groups in total. The zero-order chi connectivity index (χ0) is 8.15. The predicted octanol–water partition coefficient (Wildman–Crippen LogP) is 0.695. The van der Waals surface area contributed by atoms with Gasteiger partial charge in [0, 0.05) is 11.8 Å². The Morgan fingerprint density at radius 2 is 2.10 bits per heavy atom. The summed E-state index contributed by atoms with van der Waals surface area (Å²) in [4.78, 5) is 0. The van der Waals surface area contributed by atoms with Gasteiger partial charge in [0.15, 0.2) is 0 Å². The normalized spacial score (nSPS) is 17.3. The first-order valence-corrected chi connectivity index (χ1v) is 4.33. The van der Waals surface area contributed by atoms with Crippen LogP contribution < -0.4 is 5.73 Å². The third-order valence-corrected chi connectivity index (χ3v) is 2.01. The number of hydrogen-bond acceptors (Lipinski definition) is 2. The van der Waals surface area contributed by atoms with E-state index in [9.17, 15) is 13.0 Å². The number of hydrogen-bond donors (Lipinski definition) is 1. The molecule has 0 amide bonds. The lowest BCUT2D eigenvalue weighted by molar-refractivity contribution is 0.244. The highest BCUT2D eigenvalue weighted by atomic mass is 32.2. The van der Waals surface area contributed by atoms with E-state index in [1.807, 2.05) is 0 Å². The third-order valence-electron chi connectivity index (χ3n) is 0.973. The van der Waals surface area contributed by atoms with E-state index < -0.39 is 16.6 Å². The Kier molecular flexibility index (Phi) is 4.72. The van der Waals surface area contributed by atoms with Crippen molar-refractivity contribution in [2.75, 3.05) is 5.75 Å². The summed E-state index contributed by atoms with van der Waals surface area (Å²) in [6.07, 6.45) is 0.386. The van der Waals surface area contributed by atoms with Crippen molar-refractivity contribution in [3.8, 4) is 0 Å². The molecule has 5 heteroatoms. The molecule has 2 atom stereocenters. The third kappa shape index (κ3) is 4.81. The topological polar surface area (TPSA) is 43.1 Å². The summed E-state index contributed by atoms with van der Waals surface area (Å²) in [7, 11) is -2.01. The Labute approximate surface area is 61.2 Å². The Hall–Kier alpha value is -0.0300. The number of halogens is 2. The van der Waals surface area contributed by atoms with Crippen molar-refractivity contribution in [2.24, 2.45) is 5.73 Å². The number of rotatable bonds is 4. The first-order valence-electron chi connectivity index (χ1n) is 2.95. The highest BCUT2D eigenvalue weighted by Crippen LogP contribution is 2.02. The maximum absolute atomic E-state index is 11.5. The van der Waals surface area contributed by atoms with E-state index >= 15 is 0 Å². The first kappa shape index (κ1) is 9.97. The van der Waals surface area contributed by atoms with Crippen molar-refractivity contribution < 1.29 is 13.0 Å². The maximum Gasteiger partial charge on any atom is 0.311 e. The zero-order valence-corrected chi connectivity index (χ0v) is 6.54. The average molecular weight is 171 g/mol. The van der Waals surface area contributed by atoms with Gasteiger partial charge in [-0.2, -0.15) is 8.78 Å². The van der Waals surface area contributed by atoms with E-state index in [2.05, 4.69) is 0 Å². The molecule has 0 bridgehead atoms.